The number of nitrogens with two attached hydrogens (primary N) is 1. The number of aromatic nitrogens is 1. The molecular formula is C9H12F2N4O. The first-order chi connectivity index (χ1) is 7.54. The lowest BCUT2D eigenvalue weighted by molar-refractivity contribution is -0.120. The average molecular weight is 230 g/mol. The second kappa shape index (κ2) is 5.24. The third-order valence-electron chi connectivity index (χ3n) is 1.88. The number of anilines is 2. The number of nitrogen functional groups attached to an aromatic ring is 1. The molecule has 0 radical (unpaired) electrons. The number of pyridine rings is 1. The van der Waals surface area contributed by atoms with Gasteiger partial charge in [0.05, 0.1) is 0 Å². The summed E-state index contributed by atoms with van der Waals surface area (Å²) in [5.74, 6) is -2.49. The Morgan fingerprint density at radius 3 is 2.81 bits per heavy atom. The first-order valence-corrected chi connectivity index (χ1v) is 4.60. The summed E-state index contributed by atoms with van der Waals surface area (Å²) < 4.78 is 25.9. The van der Waals surface area contributed by atoms with Crippen molar-refractivity contribution >= 4 is 17.5 Å². The Kier molecular flexibility index (Phi) is 3.98. The summed E-state index contributed by atoms with van der Waals surface area (Å²) in [4.78, 5) is 14.3. The molecule has 1 rings (SSSR count). The molecule has 0 fully saturated rings. The van der Waals surface area contributed by atoms with Crippen LogP contribution >= 0.6 is 0 Å². The van der Waals surface area contributed by atoms with Crippen molar-refractivity contribution in [1.29, 1.82) is 0 Å². The maximum absolute atomic E-state index is 13.1. The zero-order chi connectivity index (χ0) is 12.1. The van der Waals surface area contributed by atoms with Gasteiger partial charge in [0.2, 0.25) is 5.91 Å². The molecule has 7 heteroatoms. The molecule has 0 aliphatic carbocycles. The summed E-state index contributed by atoms with van der Waals surface area (Å²) in [6, 6.07) is 0.643. The molecule has 1 aromatic heterocycles. The molecule has 0 atom stereocenters. The molecule has 16 heavy (non-hydrogen) atoms. The van der Waals surface area contributed by atoms with E-state index in [0.717, 1.165) is 0 Å². The molecule has 4 N–H and O–H groups in total. The Balaban J connectivity index is 2.60. The van der Waals surface area contributed by atoms with Gasteiger partial charge in [-0.15, -0.1) is 0 Å². The molecule has 88 valence electrons. The molecule has 1 heterocycles. The fourth-order valence-corrected chi connectivity index (χ4v) is 1.02. The number of amides is 1. The van der Waals surface area contributed by atoms with Crippen LogP contribution in [0.25, 0.3) is 0 Å². The SMILES string of the molecule is CNC(=O)CCNc1nc(N)c(F)cc1F. The highest BCUT2D eigenvalue weighted by molar-refractivity contribution is 5.76. The van der Waals surface area contributed by atoms with Crippen LogP contribution in [0.4, 0.5) is 20.4 Å². The van der Waals surface area contributed by atoms with E-state index in [0.29, 0.717) is 6.07 Å². The van der Waals surface area contributed by atoms with Crippen molar-refractivity contribution in [3.63, 3.8) is 0 Å². The predicted octanol–water partition coefficient (Wildman–Crippen LogP) is 0.490. The lowest BCUT2D eigenvalue weighted by Gasteiger charge is -2.07. The van der Waals surface area contributed by atoms with E-state index in [1.54, 1.807) is 0 Å². The zero-order valence-corrected chi connectivity index (χ0v) is 8.68. The summed E-state index contributed by atoms with van der Waals surface area (Å²) >= 11 is 0. The average Bonchev–Trinajstić information content (AvgIpc) is 2.25. The Hall–Kier alpha value is -1.92. The Bertz CT molecular complexity index is 397. The Morgan fingerprint density at radius 2 is 2.19 bits per heavy atom. The minimum Gasteiger partial charge on any atom is -0.381 e. The van der Waals surface area contributed by atoms with Gasteiger partial charge in [-0.3, -0.25) is 4.79 Å². The molecule has 1 amide bonds. The number of hydrogen-bond acceptors (Lipinski definition) is 4. The maximum atomic E-state index is 13.1. The number of carbonyl (C=O) groups is 1. The van der Waals surface area contributed by atoms with Crippen LogP contribution < -0.4 is 16.4 Å². The lowest BCUT2D eigenvalue weighted by Crippen LogP contribution is -2.21. The number of carbonyl (C=O) groups excluding carboxylic acids is 1. The van der Waals surface area contributed by atoms with Crippen molar-refractivity contribution in [2.24, 2.45) is 0 Å². The molecule has 0 saturated carbocycles. The molecule has 5 nitrogen and oxygen atoms in total. The number of hydrogen-bond donors (Lipinski definition) is 3. The van der Waals surface area contributed by atoms with E-state index in [-0.39, 0.29) is 30.5 Å². The van der Waals surface area contributed by atoms with Crippen LogP contribution in [-0.2, 0) is 4.79 Å². The van der Waals surface area contributed by atoms with E-state index in [2.05, 4.69) is 15.6 Å². The smallest absolute Gasteiger partial charge is 0.221 e. The predicted molar refractivity (Wildman–Crippen MR) is 55.7 cm³/mol. The van der Waals surface area contributed by atoms with Crippen LogP contribution in [0.15, 0.2) is 6.07 Å². The number of rotatable bonds is 4. The van der Waals surface area contributed by atoms with Crippen molar-refractivity contribution in [2.75, 3.05) is 24.6 Å². The van der Waals surface area contributed by atoms with Gasteiger partial charge in [-0.1, -0.05) is 0 Å². The van der Waals surface area contributed by atoms with Gasteiger partial charge in [0.15, 0.2) is 23.3 Å². The van der Waals surface area contributed by atoms with Crippen LogP contribution in [0, 0.1) is 11.6 Å². The molecule has 1 aromatic rings. The van der Waals surface area contributed by atoms with Crippen LogP contribution in [0.2, 0.25) is 0 Å². The molecule has 0 aliphatic heterocycles. The number of halogens is 2. The van der Waals surface area contributed by atoms with Gasteiger partial charge in [0.25, 0.3) is 0 Å². The van der Waals surface area contributed by atoms with E-state index in [4.69, 9.17) is 5.73 Å². The van der Waals surface area contributed by atoms with Gasteiger partial charge in [-0.2, -0.15) is 0 Å². The first kappa shape index (κ1) is 12.2. The van der Waals surface area contributed by atoms with Gasteiger partial charge in [0, 0.05) is 26.1 Å². The zero-order valence-electron chi connectivity index (χ0n) is 8.68. The minimum absolute atomic E-state index is 0.162. The van der Waals surface area contributed by atoms with Crippen LogP contribution in [0.3, 0.4) is 0 Å². The van der Waals surface area contributed by atoms with Crippen molar-refractivity contribution in [3.05, 3.63) is 17.7 Å². The summed E-state index contributed by atoms with van der Waals surface area (Å²) in [5, 5.41) is 4.96. The molecule has 0 saturated heterocycles. The summed E-state index contributed by atoms with van der Waals surface area (Å²) in [5.41, 5.74) is 5.18. The van der Waals surface area contributed by atoms with Gasteiger partial charge < -0.3 is 16.4 Å². The Morgan fingerprint density at radius 1 is 1.50 bits per heavy atom. The second-order valence-electron chi connectivity index (χ2n) is 3.04. The summed E-state index contributed by atoms with van der Waals surface area (Å²) in [6.45, 7) is 0.189. The lowest BCUT2D eigenvalue weighted by atomic mass is 10.3. The molecule has 0 aliphatic rings. The first-order valence-electron chi connectivity index (χ1n) is 4.60. The normalized spacial score (nSPS) is 9.94. The number of nitrogens with one attached hydrogen (secondary N) is 2. The molecule has 0 spiro atoms. The van der Waals surface area contributed by atoms with Crippen LogP contribution in [0.1, 0.15) is 6.42 Å². The maximum Gasteiger partial charge on any atom is 0.221 e. The largest absolute Gasteiger partial charge is 0.381 e. The van der Waals surface area contributed by atoms with E-state index >= 15 is 0 Å². The third-order valence-corrected chi connectivity index (χ3v) is 1.88. The van der Waals surface area contributed by atoms with Gasteiger partial charge in [0.1, 0.15) is 0 Å². The molecule has 0 aromatic carbocycles. The van der Waals surface area contributed by atoms with Crippen molar-refractivity contribution in [2.45, 2.75) is 6.42 Å². The van der Waals surface area contributed by atoms with Crippen LogP contribution in [0.5, 0.6) is 0 Å². The monoisotopic (exact) mass is 230 g/mol. The highest BCUT2D eigenvalue weighted by Gasteiger charge is 2.09. The fourth-order valence-electron chi connectivity index (χ4n) is 1.02. The van der Waals surface area contributed by atoms with Crippen LogP contribution in [-0.4, -0.2) is 24.5 Å². The quantitative estimate of drug-likeness (QED) is 0.703. The topological polar surface area (TPSA) is 80.0 Å². The van der Waals surface area contributed by atoms with E-state index in [1.807, 2.05) is 0 Å². The van der Waals surface area contributed by atoms with Crippen molar-refractivity contribution < 1.29 is 13.6 Å². The van der Waals surface area contributed by atoms with Crippen molar-refractivity contribution in [3.8, 4) is 0 Å². The highest BCUT2D eigenvalue weighted by Crippen LogP contribution is 2.16. The second-order valence-corrected chi connectivity index (χ2v) is 3.04. The molecule has 0 bridgehead atoms. The van der Waals surface area contributed by atoms with Gasteiger partial charge >= 0.3 is 0 Å². The number of nitrogens with zero attached hydrogens (tertiary/aromatic N) is 1. The molecule has 0 unspecified atom stereocenters. The third kappa shape index (κ3) is 3.04. The van der Waals surface area contributed by atoms with Crippen molar-refractivity contribution in [1.82, 2.24) is 10.3 Å². The van der Waals surface area contributed by atoms with E-state index in [9.17, 15) is 13.6 Å². The standard InChI is InChI=1S/C9H12F2N4O/c1-13-7(16)2-3-14-9-6(11)4-5(10)8(12)15-9/h4H,2-3H2,1H3,(H,13,16)(H3,12,14,15). The Labute approximate surface area is 91.0 Å². The van der Waals surface area contributed by atoms with E-state index in [1.165, 1.54) is 7.05 Å². The van der Waals surface area contributed by atoms with E-state index < -0.39 is 11.6 Å². The molecular weight excluding hydrogens is 218 g/mol. The fraction of sp³-hybridized carbons (Fsp3) is 0.333. The minimum atomic E-state index is -0.908. The van der Waals surface area contributed by atoms with Gasteiger partial charge in [-0.25, -0.2) is 13.8 Å². The summed E-state index contributed by atoms with van der Waals surface area (Å²) in [7, 11) is 1.50. The highest BCUT2D eigenvalue weighted by atomic mass is 19.1. The van der Waals surface area contributed by atoms with Gasteiger partial charge in [-0.05, 0) is 0 Å². The summed E-state index contributed by atoms with van der Waals surface area (Å²) in [6.07, 6.45) is 0.162.